The van der Waals surface area contributed by atoms with Gasteiger partial charge < -0.3 is 4.74 Å². The first-order valence-corrected chi connectivity index (χ1v) is 9.59. The standard InChI is InChI=1S/C20H34O2/c1-6-19(5,13(3)4)18(21)22-20(7-2)16-9-14-8-15(11-16)12-17(20)10-14/h13-17H,6-12H2,1-5H3. The summed E-state index contributed by atoms with van der Waals surface area (Å²) >= 11 is 0. The van der Waals surface area contributed by atoms with Crippen LogP contribution in [0.5, 0.6) is 0 Å². The summed E-state index contributed by atoms with van der Waals surface area (Å²) in [4.78, 5) is 13.1. The van der Waals surface area contributed by atoms with E-state index in [0.717, 1.165) is 24.7 Å². The summed E-state index contributed by atoms with van der Waals surface area (Å²) in [5.41, 5.74) is -0.480. The van der Waals surface area contributed by atoms with E-state index in [2.05, 4.69) is 34.6 Å². The van der Waals surface area contributed by atoms with E-state index in [0.29, 0.717) is 17.8 Å². The van der Waals surface area contributed by atoms with Crippen molar-refractivity contribution in [2.24, 2.45) is 35.0 Å². The summed E-state index contributed by atoms with van der Waals surface area (Å²) in [6, 6.07) is 0. The number of hydrogen-bond donors (Lipinski definition) is 0. The number of hydrogen-bond acceptors (Lipinski definition) is 2. The number of carbonyl (C=O) groups excluding carboxylic acids is 1. The van der Waals surface area contributed by atoms with E-state index in [1.807, 2.05) is 0 Å². The van der Waals surface area contributed by atoms with E-state index in [1.165, 1.54) is 32.1 Å². The maximum Gasteiger partial charge on any atom is 0.312 e. The molecule has 0 aromatic carbocycles. The fraction of sp³-hybridized carbons (Fsp3) is 0.950. The molecular weight excluding hydrogens is 272 g/mol. The molecule has 2 heteroatoms. The number of ether oxygens (including phenoxy) is 1. The van der Waals surface area contributed by atoms with Gasteiger partial charge in [-0.1, -0.05) is 27.7 Å². The first-order valence-electron chi connectivity index (χ1n) is 9.59. The average molecular weight is 306 g/mol. The molecule has 4 saturated carbocycles. The lowest BCUT2D eigenvalue weighted by molar-refractivity contribution is -0.221. The molecule has 0 aromatic heterocycles. The van der Waals surface area contributed by atoms with Crippen LogP contribution in [0.1, 0.15) is 79.6 Å². The molecule has 0 radical (unpaired) electrons. The van der Waals surface area contributed by atoms with Crippen LogP contribution in [0.3, 0.4) is 0 Å². The minimum Gasteiger partial charge on any atom is -0.458 e. The van der Waals surface area contributed by atoms with Gasteiger partial charge in [-0.3, -0.25) is 4.79 Å². The lowest BCUT2D eigenvalue weighted by Gasteiger charge is -2.60. The summed E-state index contributed by atoms with van der Waals surface area (Å²) in [6.07, 6.45) is 8.53. The van der Waals surface area contributed by atoms with Crippen LogP contribution >= 0.6 is 0 Å². The van der Waals surface area contributed by atoms with E-state index in [-0.39, 0.29) is 17.0 Å². The van der Waals surface area contributed by atoms with Crippen molar-refractivity contribution < 1.29 is 9.53 Å². The first kappa shape index (κ1) is 16.3. The largest absolute Gasteiger partial charge is 0.458 e. The molecule has 4 rings (SSSR count). The molecule has 0 heterocycles. The second-order valence-corrected chi connectivity index (χ2v) is 8.93. The van der Waals surface area contributed by atoms with Crippen LogP contribution in [0, 0.1) is 35.0 Å². The van der Waals surface area contributed by atoms with Gasteiger partial charge in [0.1, 0.15) is 5.60 Å². The fourth-order valence-electron chi connectivity index (χ4n) is 5.88. The molecule has 0 aliphatic heterocycles. The highest BCUT2D eigenvalue weighted by Gasteiger charge is 2.59. The van der Waals surface area contributed by atoms with E-state index in [9.17, 15) is 4.79 Å². The molecule has 4 fully saturated rings. The van der Waals surface area contributed by atoms with Crippen molar-refractivity contribution in [3.63, 3.8) is 0 Å². The molecule has 0 saturated heterocycles. The number of rotatable bonds is 5. The lowest BCUT2D eigenvalue weighted by Crippen LogP contribution is -2.60. The molecule has 4 bridgehead atoms. The normalized spacial score (nSPS) is 42.5. The average Bonchev–Trinajstić information content (AvgIpc) is 2.49. The van der Waals surface area contributed by atoms with E-state index in [1.54, 1.807) is 0 Å². The SMILES string of the molecule is CCC(C)(C(=O)OC1(CC)C2CC3CC(C2)CC1C3)C(C)C. The third kappa shape index (κ3) is 2.24. The molecule has 2 nitrogen and oxygen atoms in total. The summed E-state index contributed by atoms with van der Waals surface area (Å²) < 4.78 is 6.44. The zero-order chi connectivity index (χ0) is 16.1. The van der Waals surface area contributed by atoms with Crippen molar-refractivity contribution in [3.8, 4) is 0 Å². The van der Waals surface area contributed by atoms with Crippen LogP contribution in [-0.2, 0) is 9.53 Å². The zero-order valence-corrected chi connectivity index (χ0v) is 15.2. The molecule has 1 atom stereocenters. The molecule has 4 aliphatic rings. The molecule has 22 heavy (non-hydrogen) atoms. The minimum atomic E-state index is -0.336. The van der Waals surface area contributed by atoms with Crippen molar-refractivity contribution in [2.45, 2.75) is 85.2 Å². The van der Waals surface area contributed by atoms with Crippen LogP contribution in [0.2, 0.25) is 0 Å². The van der Waals surface area contributed by atoms with Crippen molar-refractivity contribution in [1.29, 1.82) is 0 Å². The number of carbonyl (C=O) groups is 1. The Morgan fingerprint density at radius 1 is 1.09 bits per heavy atom. The summed E-state index contributed by atoms with van der Waals surface area (Å²) in [6.45, 7) is 10.8. The van der Waals surface area contributed by atoms with Gasteiger partial charge in [-0.25, -0.2) is 0 Å². The third-order valence-electron chi connectivity index (χ3n) is 7.83. The Balaban J connectivity index is 1.84. The van der Waals surface area contributed by atoms with Gasteiger partial charge in [-0.2, -0.15) is 0 Å². The van der Waals surface area contributed by atoms with Gasteiger partial charge in [0.2, 0.25) is 0 Å². The highest BCUT2D eigenvalue weighted by Crippen LogP contribution is 2.61. The van der Waals surface area contributed by atoms with E-state index >= 15 is 0 Å². The molecule has 4 aliphatic carbocycles. The smallest absolute Gasteiger partial charge is 0.312 e. The van der Waals surface area contributed by atoms with Crippen LogP contribution in [0.4, 0.5) is 0 Å². The third-order valence-corrected chi connectivity index (χ3v) is 7.83. The zero-order valence-electron chi connectivity index (χ0n) is 15.2. The highest BCUT2D eigenvalue weighted by atomic mass is 16.6. The van der Waals surface area contributed by atoms with Gasteiger partial charge in [0.25, 0.3) is 0 Å². The Hall–Kier alpha value is -0.530. The van der Waals surface area contributed by atoms with Crippen LogP contribution < -0.4 is 0 Å². The van der Waals surface area contributed by atoms with E-state index in [4.69, 9.17) is 4.74 Å². The molecule has 0 N–H and O–H groups in total. The minimum absolute atomic E-state index is 0.0688. The first-order chi connectivity index (χ1) is 10.4. The maximum atomic E-state index is 13.1. The Morgan fingerprint density at radius 2 is 1.59 bits per heavy atom. The Labute approximate surface area is 136 Å². The highest BCUT2D eigenvalue weighted by molar-refractivity contribution is 5.77. The van der Waals surface area contributed by atoms with Gasteiger partial charge in [0, 0.05) is 0 Å². The van der Waals surface area contributed by atoms with Crippen LogP contribution in [0.15, 0.2) is 0 Å². The molecule has 1 unspecified atom stereocenters. The Bertz CT molecular complexity index is 411. The molecule has 126 valence electrons. The van der Waals surface area contributed by atoms with Gasteiger partial charge in [0.05, 0.1) is 5.41 Å². The molecular formula is C20H34O2. The second kappa shape index (κ2) is 5.53. The molecule has 0 spiro atoms. The van der Waals surface area contributed by atoms with Gasteiger partial charge in [-0.15, -0.1) is 0 Å². The fourth-order valence-corrected chi connectivity index (χ4v) is 5.88. The van der Waals surface area contributed by atoms with Gasteiger partial charge in [-0.05, 0) is 81.5 Å². The summed E-state index contributed by atoms with van der Waals surface area (Å²) in [5, 5.41) is 0. The summed E-state index contributed by atoms with van der Waals surface area (Å²) in [5.74, 6) is 3.50. The topological polar surface area (TPSA) is 26.3 Å². The lowest BCUT2D eigenvalue weighted by atomic mass is 9.49. The van der Waals surface area contributed by atoms with Crippen LogP contribution in [-0.4, -0.2) is 11.6 Å². The summed E-state index contributed by atoms with van der Waals surface area (Å²) in [7, 11) is 0. The van der Waals surface area contributed by atoms with Crippen molar-refractivity contribution in [2.75, 3.05) is 0 Å². The van der Waals surface area contributed by atoms with Crippen LogP contribution in [0.25, 0.3) is 0 Å². The van der Waals surface area contributed by atoms with Crippen molar-refractivity contribution in [1.82, 2.24) is 0 Å². The van der Waals surface area contributed by atoms with Crippen molar-refractivity contribution in [3.05, 3.63) is 0 Å². The van der Waals surface area contributed by atoms with E-state index < -0.39 is 0 Å². The molecule has 0 amide bonds. The maximum absolute atomic E-state index is 13.1. The predicted molar refractivity (Wildman–Crippen MR) is 89.4 cm³/mol. The quantitative estimate of drug-likeness (QED) is 0.652. The van der Waals surface area contributed by atoms with Crippen molar-refractivity contribution >= 4 is 5.97 Å². The predicted octanol–water partition coefficient (Wildman–Crippen LogP) is 5.21. The monoisotopic (exact) mass is 306 g/mol. The Kier molecular flexibility index (Phi) is 4.10. The van der Waals surface area contributed by atoms with Gasteiger partial charge >= 0.3 is 5.97 Å². The number of esters is 1. The second-order valence-electron chi connectivity index (χ2n) is 8.93. The molecule has 0 aromatic rings. The Morgan fingerprint density at radius 3 is 1.95 bits per heavy atom. The van der Waals surface area contributed by atoms with Gasteiger partial charge in [0.15, 0.2) is 0 Å².